The van der Waals surface area contributed by atoms with Crippen molar-refractivity contribution < 1.29 is 62.5 Å². The fourth-order valence-corrected chi connectivity index (χ4v) is 5.60. The van der Waals surface area contributed by atoms with Crippen molar-refractivity contribution in [3.05, 3.63) is 46.2 Å². The van der Waals surface area contributed by atoms with Gasteiger partial charge in [-0.05, 0) is 32.6 Å². The van der Waals surface area contributed by atoms with Crippen molar-refractivity contribution in [3.63, 3.8) is 0 Å². The number of nitrogens with two attached hydrogens (primary N) is 1. The summed E-state index contributed by atoms with van der Waals surface area (Å²) in [7, 11) is -1.87. The van der Waals surface area contributed by atoms with Gasteiger partial charge in [-0.15, -0.1) is 0 Å². The van der Waals surface area contributed by atoms with E-state index in [1.807, 2.05) is 0 Å². The first kappa shape index (κ1) is 29.2. The van der Waals surface area contributed by atoms with Crippen LogP contribution in [0.1, 0.15) is 18.1 Å². The van der Waals surface area contributed by atoms with Crippen LogP contribution in [-0.4, -0.2) is 102 Å². The number of likely N-dealkylation sites (N-methyl/N-ethyl adjacent to an activating group) is 1. The van der Waals surface area contributed by atoms with Gasteiger partial charge in [-0.2, -0.15) is 8.42 Å². The average molecular weight is 559 g/mol. The molecule has 1 aromatic rings. The smallest absolute Gasteiger partial charge is 0.394 e. The molecule has 0 radical (unpaired) electrons. The van der Waals surface area contributed by atoms with Gasteiger partial charge in [-0.1, -0.05) is 12.1 Å². The van der Waals surface area contributed by atoms with E-state index in [0.717, 1.165) is 0 Å². The lowest BCUT2D eigenvalue weighted by Crippen LogP contribution is -2.71. The number of Topliss-reactive ketones (excluding diaryl/α,β-unsaturated/α-hetero) is 2. The van der Waals surface area contributed by atoms with Gasteiger partial charge in [-0.3, -0.25) is 28.4 Å². The zero-order valence-electron chi connectivity index (χ0n) is 20.1. The van der Waals surface area contributed by atoms with Crippen LogP contribution in [0.25, 0.3) is 5.76 Å². The number of hydrogen-bond donors (Lipinski definition) is 9. The average Bonchev–Trinajstić information content (AvgIpc) is 2.75. The maximum absolute atomic E-state index is 13.7. The zero-order valence-corrected chi connectivity index (χ0v) is 20.9. The number of primary amides is 1. The van der Waals surface area contributed by atoms with E-state index in [-0.39, 0.29) is 11.1 Å². The van der Waals surface area contributed by atoms with Gasteiger partial charge in [0.05, 0.1) is 40.7 Å². The van der Waals surface area contributed by atoms with Crippen molar-refractivity contribution >= 4 is 33.6 Å². The summed E-state index contributed by atoms with van der Waals surface area (Å²) < 4.78 is 31.6. The number of ketones is 2. The summed E-state index contributed by atoms with van der Waals surface area (Å²) in [4.78, 5) is 39.9. The predicted molar refractivity (Wildman–Crippen MR) is 126 cm³/mol. The Morgan fingerprint density at radius 2 is 1.61 bits per heavy atom. The summed E-state index contributed by atoms with van der Waals surface area (Å²) >= 11 is 0. The van der Waals surface area contributed by atoms with Crippen LogP contribution in [0.3, 0.4) is 0 Å². The van der Waals surface area contributed by atoms with Crippen LogP contribution in [-0.2, 0) is 30.4 Å². The molecule has 1 amide bonds. The third kappa shape index (κ3) is 4.15. The van der Waals surface area contributed by atoms with Crippen molar-refractivity contribution in [3.8, 4) is 5.75 Å². The molecule has 4 rings (SSSR count). The molecule has 6 unspecified atom stereocenters. The Hall–Kier alpha value is -3.38. The van der Waals surface area contributed by atoms with E-state index in [9.17, 15) is 45.0 Å². The van der Waals surface area contributed by atoms with Crippen LogP contribution in [0.5, 0.6) is 5.75 Å². The summed E-state index contributed by atoms with van der Waals surface area (Å²) in [6.07, 6.45) is -1.87. The molecule has 0 bridgehead atoms. The summed E-state index contributed by atoms with van der Waals surface area (Å²) in [5, 5.41) is 66.3. The molecule has 3 aliphatic carbocycles. The van der Waals surface area contributed by atoms with Crippen molar-refractivity contribution in [2.24, 2.45) is 17.6 Å². The van der Waals surface area contributed by atoms with E-state index in [0.29, 0.717) is 0 Å². The van der Waals surface area contributed by atoms with Crippen LogP contribution in [0.4, 0.5) is 0 Å². The van der Waals surface area contributed by atoms with Crippen molar-refractivity contribution in [1.29, 1.82) is 0 Å². The molecule has 1 saturated carbocycles. The first-order valence-corrected chi connectivity index (χ1v) is 12.2. The fourth-order valence-electron chi connectivity index (χ4n) is 5.60. The Kier molecular flexibility index (Phi) is 7.01. The summed E-state index contributed by atoms with van der Waals surface area (Å²) in [6.45, 7) is 1.25. The van der Waals surface area contributed by atoms with Crippen LogP contribution in [0.2, 0.25) is 0 Å². The molecule has 38 heavy (non-hydrogen) atoms. The van der Waals surface area contributed by atoms with Gasteiger partial charge in [0.2, 0.25) is 5.78 Å². The summed E-state index contributed by atoms with van der Waals surface area (Å²) in [5.41, 5.74) is -1.78. The van der Waals surface area contributed by atoms with Gasteiger partial charge < -0.3 is 36.4 Å². The van der Waals surface area contributed by atoms with E-state index in [2.05, 4.69) is 0 Å². The second-order valence-electron chi connectivity index (χ2n) is 9.51. The number of rotatable bonds is 2. The highest BCUT2D eigenvalue weighted by Crippen LogP contribution is 2.57. The third-order valence-corrected chi connectivity index (χ3v) is 7.03. The maximum Gasteiger partial charge on any atom is 0.394 e. The molecule has 16 heteroatoms. The molecule has 15 nitrogen and oxygen atoms in total. The molecule has 1 fully saturated rings. The number of amides is 1. The minimum absolute atomic E-state index is 0.00664. The number of phenols is 1. The Morgan fingerprint density at radius 3 is 2.08 bits per heavy atom. The van der Waals surface area contributed by atoms with Crippen molar-refractivity contribution in [2.75, 3.05) is 14.1 Å². The number of fused-ring (bicyclic) bond motifs is 3. The molecule has 10 N–H and O–H groups in total. The predicted octanol–water partition coefficient (Wildman–Crippen LogP) is -2.05. The van der Waals surface area contributed by atoms with Crippen LogP contribution in [0, 0.1) is 11.8 Å². The van der Waals surface area contributed by atoms with Crippen LogP contribution >= 0.6 is 0 Å². The Morgan fingerprint density at radius 1 is 1.08 bits per heavy atom. The monoisotopic (exact) mass is 558 g/mol. The standard InChI is InChI=1S/C22H24N2O9.H2O4S/c1-21(32)7-5-4-6-8(25)9(7)15(26)10-12(21)17(28)13-14(24(2)3)16(27)11(20(23)31)19(30)22(13,33)18(10)29;1-5(2,3)4/h4-6,12-14,17,25-26,28,30,32-33H,1-3H3,(H2,23,31);(H2,1,2,3,4). The van der Waals surface area contributed by atoms with E-state index >= 15 is 0 Å². The Labute approximate surface area is 215 Å². The first-order chi connectivity index (χ1) is 17.2. The van der Waals surface area contributed by atoms with E-state index in [1.54, 1.807) is 0 Å². The molecule has 1 aromatic carbocycles. The number of benzene rings is 1. The van der Waals surface area contributed by atoms with Crippen LogP contribution < -0.4 is 5.73 Å². The van der Waals surface area contributed by atoms with E-state index in [4.69, 9.17) is 23.3 Å². The number of aliphatic hydroxyl groups is 5. The van der Waals surface area contributed by atoms with Crippen molar-refractivity contribution in [1.82, 2.24) is 4.90 Å². The van der Waals surface area contributed by atoms with Gasteiger partial charge in [-0.25, -0.2) is 0 Å². The second-order valence-corrected chi connectivity index (χ2v) is 10.4. The summed E-state index contributed by atoms with van der Waals surface area (Å²) in [6, 6.07) is 2.50. The fraction of sp³-hybridized carbons (Fsp3) is 0.409. The van der Waals surface area contributed by atoms with Gasteiger partial charge in [0.1, 0.15) is 22.8 Å². The number of phenolic OH excluding ortho intramolecular Hbond substituents is 1. The number of aromatic hydroxyl groups is 1. The number of nitrogens with zero attached hydrogens (tertiary/aromatic N) is 1. The molecule has 208 valence electrons. The molecule has 0 saturated heterocycles. The number of aliphatic hydroxyl groups excluding tert-OH is 3. The molecule has 3 aliphatic rings. The molecular formula is C22H26N2O13S. The Balaban J connectivity index is 0.000000732. The van der Waals surface area contributed by atoms with Crippen LogP contribution in [0.15, 0.2) is 35.1 Å². The molecular weight excluding hydrogens is 532 g/mol. The van der Waals surface area contributed by atoms with E-state index in [1.165, 1.54) is 44.1 Å². The highest BCUT2D eigenvalue weighted by atomic mass is 32.3. The first-order valence-electron chi connectivity index (χ1n) is 10.8. The third-order valence-electron chi connectivity index (χ3n) is 7.03. The van der Waals surface area contributed by atoms with Gasteiger partial charge in [0.15, 0.2) is 11.4 Å². The lowest BCUT2D eigenvalue weighted by Gasteiger charge is -2.55. The second kappa shape index (κ2) is 9.12. The van der Waals surface area contributed by atoms with Crippen molar-refractivity contribution in [2.45, 2.75) is 30.3 Å². The normalized spacial score (nSPS) is 32.8. The lowest BCUT2D eigenvalue weighted by molar-refractivity contribution is -0.181. The quantitative estimate of drug-likeness (QED) is 0.140. The minimum Gasteiger partial charge on any atom is -0.508 e. The SMILES string of the molecule is CN(C)C1C(=O)C(C(N)=O)=C(O)C2(O)C(=O)C3=C(O)c4c(O)cccc4C(C)(O)C3C(O)C12.O=S(=O)(O)O. The molecule has 0 aliphatic heterocycles. The molecule has 6 atom stereocenters. The lowest BCUT2D eigenvalue weighted by atomic mass is 9.53. The topological polar surface area (TPSA) is 276 Å². The molecule has 0 heterocycles. The molecule has 0 aromatic heterocycles. The van der Waals surface area contributed by atoms with Gasteiger partial charge >= 0.3 is 10.4 Å². The number of hydrogen-bond acceptors (Lipinski definition) is 12. The zero-order chi connectivity index (χ0) is 29.3. The van der Waals surface area contributed by atoms with Gasteiger partial charge in [0, 0.05) is 0 Å². The highest BCUT2D eigenvalue weighted by molar-refractivity contribution is 7.79. The maximum atomic E-state index is 13.7. The Bertz CT molecular complexity index is 1400. The largest absolute Gasteiger partial charge is 0.508 e. The highest BCUT2D eigenvalue weighted by Gasteiger charge is 2.70. The number of carbonyl (C=O) groups excluding carboxylic acids is 3. The number of carbonyl (C=O) groups is 3. The molecule has 0 spiro atoms. The summed E-state index contributed by atoms with van der Waals surface area (Å²) in [5.74, 6) is -9.67. The van der Waals surface area contributed by atoms with Gasteiger partial charge in [0.25, 0.3) is 5.91 Å². The minimum atomic E-state index is -4.67. The van der Waals surface area contributed by atoms with E-state index < -0.39 is 91.5 Å².